The number of thiazole rings is 1. The van der Waals surface area contributed by atoms with E-state index in [1.165, 1.54) is 18.4 Å². The summed E-state index contributed by atoms with van der Waals surface area (Å²) in [5.74, 6) is -0.336. The molecule has 3 aromatic rings. The first-order valence-corrected chi connectivity index (χ1v) is 10.5. The quantitative estimate of drug-likeness (QED) is 0.599. The highest BCUT2D eigenvalue weighted by molar-refractivity contribution is 7.17. The number of methoxy groups -OCH3 is 1. The minimum atomic E-state index is -0.189. The van der Waals surface area contributed by atoms with E-state index in [1.54, 1.807) is 0 Å². The predicted molar refractivity (Wildman–Crippen MR) is 114 cm³/mol. The fourth-order valence-electron chi connectivity index (χ4n) is 3.59. The Morgan fingerprint density at radius 2 is 1.55 bits per heavy atom. The molecule has 0 aliphatic carbocycles. The van der Waals surface area contributed by atoms with Gasteiger partial charge in [-0.2, -0.15) is 0 Å². The fourth-order valence-corrected chi connectivity index (χ4v) is 4.65. The molecular weight excluding hydrogens is 384 g/mol. The van der Waals surface area contributed by atoms with Crippen LogP contribution in [0.2, 0.25) is 0 Å². The molecule has 1 aliphatic heterocycles. The Morgan fingerprint density at radius 1 is 0.966 bits per heavy atom. The Balaban J connectivity index is 1.65. The second-order valence-electron chi connectivity index (χ2n) is 7.02. The fraction of sp³-hybridized carbons (Fsp3) is 0.261. The Morgan fingerprint density at radius 3 is 2.14 bits per heavy atom. The highest BCUT2D eigenvalue weighted by Gasteiger charge is 2.31. The second kappa shape index (κ2) is 8.57. The molecule has 1 fully saturated rings. The van der Waals surface area contributed by atoms with Crippen LogP contribution >= 0.6 is 11.3 Å². The third kappa shape index (κ3) is 4.07. The molecule has 1 aromatic heterocycles. The van der Waals surface area contributed by atoms with E-state index < -0.39 is 0 Å². The lowest BCUT2D eigenvalue weighted by atomic mass is 9.97. The van der Waals surface area contributed by atoms with E-state index in [0.29, 0.717) is 30.8 Å². The van der Waals surface area contributed by atoms with Crippen LogP contribution in [0.4, 0.5) is 0 Å². The third-order valence-electron chi connectivity index (χ3n) is 5.21. The molecule has 1 aliphatic rings. The van der Waals surface area contributed by atoms with Gasteiger partial charge < -0.3 is 9.64 Å². The van der Waals surface area contributed by atoms with Crippen molar-refractivity contribution in [1.82, 2.24) is 9.88 Å². The predicted octanol–water partition coefficient (Wildman–Crippen LogP) is 4.50. The van der Waals surface area contributed by atoms with Crippen LogP contribution in [0.25, 0.3) is 21.8 Å². The SMILES string of the molecule is COC(=O)C1CCN(C(=O)c2sc(-c3ccccc3)nc2-c2ccccc2)CC1. The number of hydrogen-bond donors (Lipinski definition) is 0. The monoisotopic (exact) mass is 406 g/mol. The van der Waals surface area contributed by atoms with Crippen molar-refractivity contribution in [2.24, 2.45) is 5.92 Å². The van der Waals surface area contributed by atoms with Crippen molar-refractivity contribution in [1.29, 1.82) is 0 Å². The van der Waals surface area contributed by atoms with E-state index in [1.807, 2.05) is 65.6 Å². The zero-order valence-corrected chi connectivity index (χ0v) is 17.0. The first-order chi connectivity index (χ1) is 14.2. The first kappa shape index (κ1) is 19.3. The molecule has 1 amide bonds. The molecular formula is C23H22N2O3S. The Kier molecular flexibility index (Phi) is 5.71. The Hall–Kier alpha value is -2.99. The van der Waals surface area contributed by atoms with Crippen LogP contribution in [0.5, 0.6) is 0 Å². The van der Waals surface area contributed by atoms with E-state index in [2.05, 4.69) is 0 Å². The zero-order valence-electron chi connectivity index (χ0n) is 16.2. The van der Waals surface area contributed by atoms with Gasteiger partial charge >= 0.3 is 5.97 Å². The summed E-state index contributed by atoms with van der Waals surface area (Å²) in [5, 5.41) is 0.831. The molecule has 0 N–H and O–H groups in total. The van der Waals surface area contributed by atoms with Gasteiger partial charge in [0, 0.05) is 24.2 Å². The Bertz CT molecular complexity index is 993. The van der Waals surface area contributed by atoms with Gasteiger partial charge in [-0.25, -0.2) is 4.98 Å². The summed E-state index contributed by atoms with van der Waals surface area (Å²) in [6.07, 6.45) is 1.26. The summed E-state index contributed by atoms with van der Waals surface area (Å²) >= 11 is 1.43. The lowest BCUT2D eigenvalue weighted by Gasteiger charge is -2.30. The smallest absolute Gasteiger partial charge is 0.308 e. The number of carbonyl (C=O) groups is 2. The third-order valence-corrected chi connectivity index (χ3v) is 6.30. The van der Waals surface area contributed by atoms with Crippen molar-refractivity contribution in [3.8, 4) is 21.8 Å². The molecule has 0 bridgehead atoms. The minimum absolute atomic E-state index is 0.0214. The van der Waals surface area contributed by atoms with Crippen LogP contribution in [0.15, 0.2) is 60.7 Å². The number of benzene rings is 2. The minimum Gasteiger partial charge on any atom is -0.469 e. The maximum atomic E-state index is 13.4. The van der Waals surface area contributed by atoms with Crippen molar-refractivity contribution in [3.63, 3.8) is 0 Å². The number of amides is 1. The lowest BCUT2D eigenvalue weighted by Crippen LogP contribution is -2.40. The largest absolute Gasteiger partial charge is 0.469 e. The molecule has 0 atom stereocenters. The van der Waals surface area contributed by atoms with Gasteiger partial charge in [0.05, 0.1) is 18.7 Å². The van der Waals surface area contributed by atoms with Crippen molar-refractivity contribution >= 4 is 23.2 Å². The molecule has 2 heterocycles. The standard InChI is InChI=1S/C23H22N2O3S/c1-28-23(27)18-12-14-25(15-13-18)22(26)20-19(16-8-4-2-5-9-16)24-21(29-20)17-10-6-3-7-11-17/h2-11,18H,12-15H2,1H3. The molecule has 0 spiro atoms. The molecule has 0 unspecified atom stereocenters. The van der Waals surface area contributed by atoms with E-state index in [4.69, 9.17) is 9.72 Å². The number of carbonyl (C=O) groups excluding carboxylic acids is 2. The summed E-state index contributed by atoms with van der Waals surface area (Å²) in [5.41, 5.74) is 2.64. The molecule has 0 radical (unpaired) electrons. The van der Waals surface area contributed by atoms with E-state index in [-0.39, 0.29) is 17.8 Å². The summed E-state index contributed by atoms with van der Waals surface area (Å²) in [4.78, 5) is 32.4. The van der Waals surface area contributed by atoms with Gasteiger partial charge in [0.2, 0.25) is 0 Å². The van der Waals surface area contributed by atoms with Gasteiger partial charge in [0.15, 0.2) is 0 Å². The van der Waals surface area contributed by atoms with Crippen molar-refractivity contribution in [2.45, 2.75) is 12.8 Å². The van der Waals surface area contributed by atoms with Gasteiger partial charge in [-0.15, -0.1) is 11.3 Å². The van der Waals surface area contributed by atoms with Gasteiger partial charge in [-0.1, -0.05) is 60.7 Å². The Labute approximate surface area is 174 Å². The van der Waals surface area contributed by atoms with Crippen molar-refractivity contribution < 1.29 is 14.3 Å². The highest BCUT2D eigenvalue weighted by Crippen LogP contribution is 2.35. The number of nitrogens with zero attached hydrogens (tertiary/aromatic N) is 2. The number of aromatic nitrogens is 1. The van der Waals surface area contributed by atoms with Gasteiger partial charge in [-0.3, -0.25) is 9.59 Å². The molecule has 0 saturated carbocycles. The molecule has 6 heteroatoms. The topological polar surface area (TPSA) is 59.5 Å². The van der Waals surface area contributed by atoms with Crippen molar-refractivity contribution in [2.75, 3.05) is 20.2 Å². The summed E-state index contributed by atoms with van der Waals surface area (Å²) in [6.45, 7) is 1.09. The lowest BCUT2D eigenvalue weighted by molar-refractivity contribution is -0.146. The molecule has 1 saturated heterocycles. The van der Waals surface area contributed by atoms with E-state index in [0.717, 1.165) is 21.8 Å². The highest BCUT2D eigenvalue weighted by atomic mass is 32.1. The van der Waals surface area contributed by atoms with Crippen LogP contribution in [0.1, 0.15) is 22.5 Å². The maximum Gasteiger partial charge on any atom is 0.308 e. The molecule has 29 heavy (non-hydrogen) atoms. The number of likely N-dealkylation sites (tertiary alicyclic amines) is 1. The van der Waals surface area contributed by atoms with Crippen LogP contribution in [-0.4, -0.2) is 42.0 Å². The maximum absolute atomic E-state index is 13.4. The number of rotatable bonds is 4. The first-order valence-electron chi connectivity index (χ1n) is 9.66. The molecule has 2 aromatic carbocycles. The molecule has 148 valence electrons. The summed E-state index contributed by atoms with van der Waals surface area (Å²) in [7, 11) is 1.41. The number of ether oxygens (including phenoxy) is 1. The number of esters is 1. The number of hydrogen-bond acceptors (Lipinski definition) is 5. The molecule has 5 nitrogen and oxygen atoms in total. The van der Waals surface area contributed by atoms with E-state index >= 15 is 0 Å². The zero-order chi connectivity index (χ0) is 20.2. The van der Waals surface area contributed by atoms with Crippen LogP contribution in [0.3, 0.4) is 0 Å². The average Bonchev–Trinajstić information content (AvgIpc) is 3.25. The van der Waals surface area contributed by atoms with Gasteiger partial charge in [0.25, 0.3) is 5.91 Å². The summed E-state index contributed by atoms with van der Waals surface area (Å²) < 4.78 is 4.85. The van der Waals surface area contributed by atoms with Crippen molar-refractivity contribution in [3.05, 3.63) is 65.5 Å². The normalized spacial score (nSPS) is 14.6. The number of piperidine rings is 1. The van der Waals surface area contributed by atoms with Crippen LogP contribution in [-0.2, 0) is 9.53 Å². The van der Waals surface area contributed by atoms with Crippen LogP contribution < -0.4 is 0 Å². The van der Waals surface area contributed by atoms with E-state index in [9.17, 15) is 9.59 Å². The van der Waals surface area contributed by atoms with Gasteiger partial charge in [-0.05, 0) is 12.8 Å². The second-order valence-corrected chi connectivity index (χ2v) is 8.02. The molecule has 4 rings (SSSR count). The van der Waals surface area contributed by atoms with Crippen LogP contribution in [0, 0.1) is 5.92 Å². The van der Waals surface area contributed by atoms with Gasteiger partial charge in [0.1, 0.15) is 9.88 Å². The average molecular weight is 407 g/mol. The summed E-state index contributed by atoms with van der Waals surface area (Å²) in [6, 6.07) is 19.7.